The zero-order chi connectivity index (χ0) is 16.9. The van der Waals surface area contributed by atoms with Crippen LogP contribution in [0.4, 0.5) is 5.69 Å². The second kappa shape index (κ2) is 8.12. The lowest BCUT2D eigenvalue weighted by Crippen LogP contribution is -2.40. The lowest BCUT2D eigenvalue weighted by Gasteiger charge is -2.27. The monoisotopic (exact) mass is 382 g/mol. The molecule has 2 aromatic rings. The Bertz CT molecular complexity index is 736. The van der Waals surface area contributed by atoms with Crippen LogP contribution >= 0.6 is 35.1 Å². The molecule has 1 aliphatic rings. The molecule has 126 valence electrons. The van der Waals surface area contributed by atoms with E-state index in [0.717, 1.165) is 10.6 Å². The van der Waals surface area contributed by atoms with Gasteiger partial charge in [0.25, 0.3) is 5.91 Å². The third-order valence-corrected chi connectivity index (χ3v) is 4.87. The number of benzene rings is 2. The molecule has 1 amide bonds. The van der Waals surface area contributed by atoms with Gasteiger partial charge in [0.1, 0.15) is 0 Å². The van der Waals surface area contributed by atoms with Gasteiger partial charge in [-0.15, -0.1) is 0 Å². The number of hydrogen-bond donors (Lipinski definition) is 1. The van der Waals surface area contributed by atoms with E-state index in [0.29, 0.717) is 41.9 Å². The third-order valence-electron chi connectivity index (χ3n) is 3.59. The lowest BCUT2D eigenvalue weighted by molar-refractivity contribution is 0.0303. The van der Waals surface area contributed by atoms with Crippen molar-refractivity contribution >= 4 is 46.7 Å². The van der Waals surface area contributed by atoms with Crippen molar-refractivity contribution in [2.75, 3.05) is 31.0 Å². The SMILES string of the molecule is O=C(c1cc(Cl)ccc1NSc1cccc(Cl)c1)N1CCOCC1. The number of rotatable bonds is 4. The molecule has 3 rings (SSSR count). The van der Waals surface area contributed by atoms with Gasteiger partial charge in [-0.3, -0.25) is 4.79 Å². The van der Waals surface area contributed by atoms with Gasteiger partial charge in [0.05, 0.1) is 24.5 Å². The molecule has 0 aliphatic carbocycles. The Morgan fingerprint density at radius 2 is 1.83 bits per heavy atom. The van der Waals surface area contributed by atoms with Crippen molar-refractivity contribution in [1.29, 1.82) is 0 Å². The second-order valence-corrected chi connectivity index (χ2v) is 7.01. The van der Waals surface area contributed by atoms with E-state index in [-0.39, 0.29) is 5.91 Å². The number of nitrogens with one attached hydrogen (secondary N) is 1. The minimum absolute atomic E-state index is 0.0463. The summed E-state index contributed by atoms with van der Waals surface area (Å²) in [7, 11) is 0. The summed E-state index contributed by atoms with van der Waals surface area (Å²) in [6.45, 7) is 2.30. The molecule has 24 heavy (non-hydrogen) atoms. The van der Waals surface area contributed by atoms with Crippen LogP contribution in [0.25, 0.3) is 0 Å². The molecule has 0 atom stereocenters. The fourth-order valence-corrected chi connectivity index (χ4v) is 3.53. The molecular weight excluding hydrogens is 367 g/mol. The lowest BCUT2D eigenvalue weighted by atomic mass is 10.1. The highest BCUT2D eigenvalue weighted by molar-refractivity contribution is 8.00. The van der Waals surface area contributed by atoms with Gasteiger partial charge < -0.3 is 14.4 Å². The summed E-state index contributed by atoms with van der Waals surface area (Å²) in [6, 6.07) is 12.8. The summed E-state index contributed by atoms with van der Waals surface area (Å²) >= 11 is 13.5. The largest absolute Gasteiger partial charge is 0.378 e. The van der Waals surface area contributed by atoms with Crippen LogP contribution in [0.5, 0.6) is 0 Å². The van der Waals surface area contributed by atoms with E-state index in [2.05, 4.69) is 4.72 Å². The first-order chi connectivity index (χ1) is 11.6. The van der Waals surface area contributed by atoms with E-state index >= 15 is 0 Å². The number of ether oxygens (including phenoxy) is 1. The minimum atomic E-state index is -0.0463. The van der Waals surface area contributed by atoms with Crippen LogP contribution in [-0.2, 0) is 4.74 Å². The Balaban J connectivity index is 1.78. The van der Waals surface area contributed by atoms with Gasteiger partial charge in [0.15, 0.2) is 0 Å². The van der Waals surface area contributed by atoms with Crippen LogP contribution < -0.4 is 4.72 Å². The molecule has 7 heteroatoms. The number of morpholine rings is 1. The van der Waals surface area contributed by atoms with Crippen molar-refractivity contribution in [3.05, 3.63) is 58.1 Å². The maximum absolute atomic E-state index is 12.8. The Morgan fingerprint density at radius 1 is 1.08 bits per heavy atom. The predicted molar refractivity (Wildman–Crippen MR) is 99.1 cm³/mol. The van der Waals surface area contributed by atoms with Gasteiger partial charge >= 0.3 is 0 Å². The summed E-state index contributed by atoms with van der Waals surface area (Å²) in [6.07, 6.45) is 0. The topological polar surface area (TPSA) is 41.6 Å². The van der Waals surface area contributed by atoms with Crippen LogP contribution in [0, 0.1) is 0 Å². The Morgan fingerprint density at radius 3 is 2.58 bits per heavy atom. The fraction of sp³-hybridized carbons (Fsp3) is 0.235. The molecule has 1 saturated heterocycles. The number of carbonyl (C=O) groups is 1. The Hall–Kier alpha value is -1.40. The smallest absolute Gasteiger partial charge is 0.256 e. The van der Waals surface area contributed by atoms with Crippen molar-refractivity contribution in [1.82, 2.24) is 4.90 Å². The maximum atomic E-state index is 12.8. The van der Waals surface area contributed by atoms with Gasteiger partial charge in [0, 0.05) is 28.0 Å². The van der Waals surface area contributed by atoms with Crippen LogP contribution in [-0.4, -0.2) is 37.1 Å². The molecule has 0 unspecified atom stereocenters. The maximum Gasteiger partial charge on any atom is 0.256 e. The number of hydrogen-bond acceptors (Lipinski definition) is 4. The van der Waals surface area contributed by atoms with Gasteiger partial charge in [0.2, 0.25) is 0 Å². The molecule has 1 fully saturated rings. The number of halogens is 2. The van der Waals surface area contributed by atoms with E-state index < -0.39 is 0 Å². The Labute approximate surface area is 155 Å². The summed E-state index contributed by atoms with van der Waals surface area (Å²) in [5.74, 6) is -0.0463. The van der Waals surface area contributed by atoms with Crippen molar-refractivity contribution in [2.24, 2.45) is 0 Å². The highest BCUT2D eigenvalue weighted by Gasteiger charge is 2.21. The standard InChI is InChI=1S/C17H16Cl2N2O2S/c18-12-2-1-3-14(10-12)24-20-16-5-4-13(19)11-15(16)17(22)21-6-8-23-9-7-21/h1-5,10-11,20H,6-9H2. The van der Waals surface area contributed by atoms with E-state index in [9.17, 15) is 4.79 Å². The number of anilines is 1. The highest BCUT2D eigenvalue weighted by Crippen LogP contribution is 2.28. The normalized spacial score (nSPS) is 14.5. The number of amides is 1. The van der Waals surface area contributed by atoms with Crippen LogP contribution in [0.1, 0.15) is 10.4 Å². The molecule has 0 spiro atoms. The van der Waals surface area contributed by atoms with Crippen molar-refractivity contribution in [2.45, 2.75) is 4.90 Å². The third kappa shape index (κ3) is 4.36. The van der Waals surface area contributed by atoms with Crippen molar-refractivity contribution < 1.29 is 9.53 Å². The highest BCUT2D eigenvalue weighted by atomic mass is 35.5. The van der Waals surface area contributed by atoms with Gasteiger partial charge in [-0.25, -0.2) is 0 Å². The van der Waals surface area contributed by atoms with Crippen LogP contribution in [0.15, 0.2) is 47.4 Å². The molecule has 0 radical (unpaired) electrons. The second-order valence-electron chi connectivity index (χ2n) is 5.26. The van der Waals surface area contributed by atoms with Gasteiger partial charge in [-0.2, -0.15) is 0 Å². The Kier molecular flexibility index (Phi) is 5.89. The summed E-state index contributed by atoms with van der Waals surface area (Å²) in [5, 5.41) is 1.20. The fourth-order valence-electron chi connectivity index (χ4n) is 2.36. The molecule has 1 heterocycles. The van der Waals surface area contributed by atoms with E-state index in [4.69, 9.17) is 27.9 Å². The zero-order valence-corrected chi connectivity index (χ0v) is 15.1. The first kappa shape index (κ1) is 17.4. The predicted octanol–water partition coefficient (Wildman–Crippen LogP) is 4.59. The molecule has 4 nitrogen and oxygen atoms in total. The van der Waals surface area contributed by atoms with E-state index in [1.807, 2.05) is 30.3 Å². The minimum Gasteiger partial charge on any atom is -0.378 e. The van der Waals surface area contributed by atoms with Gasteiger partial charge in [-0.1, -0.05) is 29.3 Å². The van der Waals surface area contributed by atoms with Gasteiger partial charge in [-0.05, 0) is 48.3 Å². The summed E-state index contributed by atoms with van der Waals surface area (Å²) < 4.78 is 8.53. The van der Waals surface area contributed by atoms with Crippen molar-refractivity contribution in [3.63, 3.8) is 0 Å². The molecule has 0 aromatic heterocycles. The number of carbonyl (C=O) groups excluding carboxylic acids is 1. The van der Waals surface area contributed by atoms with Crippen molar-refractivity contribution in [3.8, 4) is 0 Å². The zero-order valence-electron chi connectivity index (χ0n) is 12.8. The first-order valence-corrected chi connectivity index (χ1v) is 9.06. The average Bonchev–Trinajstić information content (AvgIpc) is 2.61. The first-order valence-electron chi connectivity index (χ1n) is 7.48. The van der Waals surface area contributed by atoms with E-state index in [1.54, 1.807) is 17.0 Å². The summed E-state index contributed by atoms with van der Waals surface area (Å²) in [4.78, 5) is 15.5. The molecule has 1 N–H and O–H groups in total. The quantitative estimate of drug-likeness (QED) is 0.785. The average molecular weight is 383 g/mol. The molecule has 0 saturated carbocycles. The van der Waals surface area contributed by atoms with Crippen LogP contribution in [0.2, 0.25) is 10.0 Å². The molecular formula is C17H16Cl2N2O2S. The van der Waals surface area contributed by atoms with Crippen LogP contribution in [0.3, 0.4) is 0 Å². The molecule has 1 aliphatic heterocycles. The van der Waals surface area contributed by atoms with E-state index in [1.165, 1.54) is 11.9 Å². The number of nitrogens with zero attached hydrogens (tertiary/aromatic N) is 1. The molecule has 0 bridgehead atoms. The molecule has 2 aromatic carbocycles. The summed E-state index contributed by atoms with van der Waals surface area (Å²) in [5.41, 5.74) is 1.28.